The zero-order chi connectivity index (χ0) is 14.1. The summed E-state index contributed by atoms with van der Waals surface area (Å²) in [5, 5.41) is 4.29. The molecular weight excluding hydrogens is 253 g/mol. The largest absolute Gasteiger partial charge is 0.464 e. The molecule has 1 atom stereocenters. The molecule has 0 radical (unpaired) electrons. The summed E-state index contributed by atoms with van der Waals surface area (Å²) in [7, 11) is 1.87. The molecule has 1 unspecified atom stereocenters. The fourth-order valence-electron chi connectivity index (χ4n) is 2.65. The van der Waals surface area contributed by atoms with Gasteiger partial charge >= 0.3 is 0 Å². The number of fused-ring (bicyclic) bond motifs is 1. The van der Waals surface area contributed by atoms with Crippen molar-refractivity contribution < 1.29 is 8.81 Å². The first-order valence-corrected chi connectivity index (χ1v) is 6.59. The molecule has 2 nitrogen and oxygen atoms in total. The van der Waals surface area contributed by atoms with E-state index in [1.807, 2.05) is 44.3 Å². The van der Waals surface area contributed by atoms with Gasteiger partial charge in [-0.25, -0.2) is 4.39 Å². The number of furan rings is 1. The fourth-order valence-corrected chi connectivity index (χ4v) is 2.65. The van der Waals surface area contributed by atoms with E-state index in [0.717, 1.165) is 27.7 Å². The lowest BCUT2D eigenvalue weighted by Gasteiger charge is -2.16. The Morgan fingerprint density at radius 1 is 1.15 bits per heavy atom. The Morgan fingerprint density at radius 3 is 2.70 bits per heavy atom. The molecule has 0 aliphatic heterocycles. The molecule has 3 aromatic rings. The Morgan fingerprint density at radius 2 is 1.95 bits per heavy atom. The average Bonchev–Trinajstić information content (AvgIpc) is 2.83. The Bertz CT molecular complexity index is 727. The van der Waals surface area contributed by atoms with Crippen molar-refractivity contribution in [3.8, 4) is 0 Å². The molecule has 0 aliphatic rings. The molecule has 102 valence electrons. The second-order valence-electron chi connectivity index (χ2n) is 4.97. The third kappa shape index (κ3) is 2.21. The molecule has 3 rings (SSSR count). The fraction of sp³-hybridized carbons (Fsp3) is 0.176. The van der Waals surface area contributed by atoms with E-state index in [1.165, 1.54) is 6.07 Å². The maximum atomic E-state index is 13.6. The van der Waals surface area contributed by atoms with E-state index in [4.69, 9.17) is 4.42 Å². The van der Waals surface area contributed by atoms with Crippen molar-refractivity contribution in [3.05, 3.63) is 71.2 Å². The molecule has 0 spiro atoms. The zero-order valence-corrected chi connectivity index (χ0v) is 11.5. The number of rotatable bonds is 3. The summed E-state index contributed by atoms with van der Waals surface area (Å²) in [4.78, 5) is 0. The highest BCUT2D eigenvalue weighted by Crippen LogP contribution is 2.31. The minimum atomic E-state index is -0.215. The lowest BCUT2D eigenvalue weighted by atomic mass is 9.97. The highest BCUT2D eigenvalue weighted by Gasteiger charge is 2.18. The van der Waals surface area contributed by atoms with Gasteiger partial charge in [-0.1, -0.05) is 24.3 Å². The average molecular weight is 269 g/mol. The van der Waals surface area contributed by atoms with E-state index in [9.17, 15) is 4.39 Å². The van der Waals surface area contributed by atoms with E-state index in [0.29, 0.717) is 0 Å². The molecular formula is C17H16FNO. The normalized spacial score (nSPS) is 12.8. The van der Waals surface area contributed by atoms with Gasteiger partial charge in [-0.2, -0.15) is 0 Å². The third-order valence-corrected chi connectivity index (χ3v) is 3.51. The molecule has 3 heteroatoms. The molecule has 20 heavy (non-hydrogen) atoms. The van der Waals surface area contributed by atoms with Gasteiger partial charge in [0.2, 0.25) is 0 Å². The van der Waals surface area contributed by atoms with Crippen LogP contribution in [0.25, 0.3) is 11.0 Å². The molecule has 0 saturated heterocycles. The molecule has 0 amide bonds. The predicted molar refractivity (Wildman–Crippen MR) is 78.3 cm³/mol. The van der Waals surface area contributed by atoms with Crippen molar-refractivity contribution in [2.45, 2.75) is 13.0 Å². The van der Waals surface area contributed by atoms with Gasteiger partial charge in [-0.05, 0) is 43.3 Å². The minimum Gasteiger partial charge on any atom is -0.464 e. The molecule has 0 bridgehead atoms. The SMILES string of the molecule is CNC(c1cc(C)cc(F)c1)c1coc2ccccc12. The van der Waals surface area contributed by atoms with Crippen LogP contribution in [0.3, 0.4) is 0 Å². The minimum absolute atomic E-state index is 0.0898. The van der Waals surface area contributed by atoms with Crippen molar-refractivity contribution in [2.75, 3.05) is 7.05 Å². The van der Waals surface area contributed by atoms with E-state index in [-0.39, 0.29) is 11.9 Å². The van der Waals surface area contributed by atoms with Gasteiger partial charge in [0.1, 0.15) is 11.4 Å². The number of halogens is 1. The Kier molecular flexibility index (Phi) is 3.28. The van der Waals surface area contributed by atoms with Crippen molar-refractivity contribution in [1.29, 1.82) is 0 Å². The predicted octanol–water partition coefficient (Wildman–Crippen LogP) is 4.19. The first kappa shape index (κ1) is 12.9. The van der Waals surface area contributed by atoms with Crippen LogP contribution < -0.4 is 5.32 Å². The van der Waals surface area contributed by atoms with Gasteiger partial charge < -0.3 is 9.73 Å². The van der Waals surface area contributed by atoms with Crippen molar-refractivity contribution >= 4 is 11.0 Å². The number of aryl methyl sites for hydroxylation is 1. The van der Waals surface area contributed by atoms with Crippen LogP contribution in [0.2, 0.25) is 0 Å². The number of para-hydroxylation sites is 1. The van der Waals surface area contributed by atoms with Crippen LogP contribution in [0, 0.1) is 12.7 Å². The summed E-state index contributed by atoms with van der Waals surface area (Å²) < 4.78 is 19.2. The maximum Gasteiger partial charge on any atom is 0.134 e. The smallest absolute Gasteiger partial charge is 0.134 e. The van der Waals surface area contributed by atoms with Gasteiger partial charge in [0.25, 0.3) is 0 Å². The van der Waals surface area contributed by atoms with Crippen LogP contribution in [-0.2, 0) is 0 Å². The number of hydrogen-bond donors (Lipinski definition) is 1. The van der Waals surface area contributed by atoms with Crippen molar-refractivity contribution in [2.24, 2.45) is 0 Å². The molecule has 0 saturated carbocycles. The van der Waals surface area contributed by atoms with E-state index in [2.05, 4.69) is 5.32 Å². The van der Waals surface area contributed by atoms with Crippen LogP contribution in [0.15, 0.2) is 53.1 Å². The molecule has 1 aromatic heterocycles. The Hall–Kier alpha value is -2.13. The molecule has 2 aromatic carbocycles. The van der Waals surface area contributed by atoms with Gasteiger partial charge in [-0.15, -0.1) is 0 Å². The molecule has 0 aliphatic carbocycles. The van der Waals surface area contributed by atoms with E-state index in [1.54, 1.807) is 12.3 Å². The molecule has 1 N–H and O–H groups in total. The molecule has 1 heterocycles. The lowest BCUT2D eigenvalue weighted by molar-refractivity contribution is 0.592. The van der Waals surface area contributed by atoms with Gasteiger partial charge in [0, 0.05) is 10.9 Å². The Balaban J connectivity index is 2.14. The summed E-state index contributed by atoms with van der Waals surface area (Å²) in [5.41, 5.74) is 3.67. The second kappa shape index (κ2) is 5.10. The first-order valence-electron chi connectivity index (χ1n) is 6.59. The highest BCUT2D eigenvalue weighted by atomic mass is 19.1. The second-order valence-corrected chi connectivity index (χ2v) is 4.97. The number of nitrogens with one attached hydrogen (secondary N) is 1. The quantitative estimate of drug-likeness (QED) is 0.771. The summed E-state index contributed by atoms with van der Waals surface area (Å²) in [6.45, 7) is 1.90. The first-order chi connectivity index (χ1) is 9.69. The Labute approximate surface area is 117 Å². The van der Waals surface area contributed by atoms with Crippen molar-refractivity contribution in [1.82, 2.24) is 5.32 Å². The standard InChI is InChI=1S/C17H16FNO/c1-11-7-12(9-13(18)8-11)17(19-2)15-10-20-16-6-4-3-5-14(15)16/h3-10,17,19H,1-2H3. The summed E-state index contributed by atoms with van der Waals surface area (Å²) in [6, 6.07) is 12.9. The van der Waals surface area contributed by atoms with Gasteiger partial charge in [0.15, 0.2) is 0 Å². The lowest BCUT2D eigenvalue weighted by Crippen LogP contribution is -2.17. The van der Waals surface area contributed by atoms with Crippen LogP contribution >= 0.6 is 0 Å². The zero-order valence-electron chi connectivity index (χ0n) is 11.5. The summed E-state index contributed by atoms with van der Waals surface area (Å²) in [5.74, 6) is -0.215. The van der Waals surface area contributed by atoms with Crippen LogP contribution in [0.1, 0.15) is 22.7 Å². The van der Waals surface area contributed by atoms with Gasteiger partial charge in [0.05, 0.1) is 12.3 Å². The van der Waals surface area contributed by atoms with Crippen LogP contribution in [0.5, 0.6) is 0 Å². The van der Waals surface area contributed by atoms with E-state index >= 15 is 0 Å². The van der Waals surface area contributed by atoms with Gasteiger partial charge in [-0.3, -0.25) is 0 Å². The summed E-state index contributed by atoms with van der Waals surface area (Å²) in [6.07, 6.45) is 1.74. The number of hydrogen-bond acceptors (Lipinski definition) is 2. The summed E-state index contributed by atoms with van der Waals surface area (Å²) >= 11 is 0. The monoisotopic (exact) mass is 269 g/mol. The number of benzene rings is 2. The highest BCUT2D eigenvalue weighted by molar-refractivity contribution is 5.81. The van der Waals surface area contributed by atoms with E-state index < -0.39 is 0 Å². The molecule has 0 fully saturated rings. The van der Waals surface area contributed by atoms with Crippen LogP contribution in [-0.4, -0.2) is 7.05 Å². The van der Waals surface area contributed by atoms with Crippen molar-refractivity contribution in [3.63, 3.8) is 0 Å². The topological polar surface area (TPSA) is 25.2 Å². The maximum absolute atomic E-state index is 13.6. The van der Waals surface area contributed by atoms with Crippen LogP contribution in [0.4, 0.5) is 4.39 Å². The third-order valence-electron chi connectivity index (χ3n) is 3.51.